The van der Waals surface area contributed by atoms with Gasteiger partial charge in [0.15, 0.2) is 0 Å². The molecule has 2 atom stereocenters. The van der Waals surface area contributed by atoms with Crippen LogP contribution in [-0.2, 0) is 6.54 Å². The summed E-state index contributed by atoms with van der Waals surface area (Å²) in [6, 6.07) is 9.33. The average Bonchev–Trinajstić information content (AvgIpc) is 2.63. The molecule has 1 saturated heterocycles. The van der Waals surface area contributed by atoms with E-state index in [2.05, 4.69) is 43.0 Å². The summed E-state index contributed by atoms with van der Waals surface area (Å²) in [7, 11) is 0. The molecule has 0 aromatic heterocycles. The van der Waals surface area contributed by atoms with Gasteiger partial charge in [0.2, 0.25) is 0 Å². The van der Waals surface area contributed by atoms with E-state index in [9.17, 15) is 0 Å². The predicted octanol–water partition coefficient (Wildman–Crippen LogP) is 2.59. The van der Waals surface area contributed by atoms with Crippen LogP contribution >= 0.6 is 12.4 Å². The van der Waals surface area contributed by atoms with Gasteiger partial charge in [0.05, 0.1) is 0 Å². The Bertz CT molecular complexity index is 354. The Balaban J connectivity index is 0.00000144. The SMILES string of the molecule is Cc1ccccc1CN1CC(CN)CC1C.Cl. The van der Waals surface area contributed by atoms with Crippen molar-refractivity contribution in [2.45, 2.75) is 32.9 Å². The molecule has 0 saturated carbocycles. The van der Waals surface area contributed by atoms with Crippen LogP contribution in [0.15, 0.2) is 24.3 Å². The first-order chi connectivity index (χ1) is 7.70. The van der Waals surface area contributed by atoms with Crippen molar-refractivity contribution in [1.82, 2.24) is 4.90 Å². The second kappa shape index (κ2) is 6.39. The van der Waals surface area contributed by atoms with Crippen molar-refractivity contribution in [3.05, 3.63) is 35.4 Å². The van der Waals surface area contributed by atoms with Crippen molar-refractivity contribution in [2.24, 2.45) is 11.7 Å². The molecule has 3 heteroatoms. The van der Waals surface area contributed by atoms with E-state index in [1.165, 1.54) is 17.5 Å². The average molecular weight is 255 g/mol. The van der Waals surface area contributed by atoms with Crippen LogP contribution in [0.3, 0.4) is 0 Å². The van der Waals surface area contributed by atoms with Crippen molar-refractivity contribution < 1.29 is 0 Å². The first kappa shape index (κ1) is 14.5. The van der Waals surface area contributed by atoms with Gasteiger partial charge in [0.1, 0.15) is 0 Å². The van der Waals surface area contributed by atoms with Gasteiger partial charge in [-0.2, -0.15) is 0 Å². The minimum absolute atomic E-state index is 0. The number of benzene rings is 1. The maximum atomic E-state index is 5.75. The third-order valence-electron chi connectivity index (χ3n) is 3.76. The Kier molecular flexibility index (Phi) is 5.44. The van der Waals surface area contributed by atoms with Gasteiger partial charge in [0.25, 0.3) is 0 Å². The largest absolute Gasteiger partial charge is 0.330 e. The van der Waals surface area contributed by atoms with Gasteiger partial charge in [-0.15, -0.1) is 12.4 Å². The van der Waals surface area contributed by atoms with Crippen LogP contribution in [0, 0.1) is 12.8 Å². The number of hydrogen-bond donors (Lipinski definition) is 1. The normalized spacial score (nSPS) is 24.6. The smallest absolute Gasteiger partial charge is 0.0239 e. The highest BCUT2D eigenvalue weighted by atomic mass is 35.5. The molecule has 0 amide bonds. The molecule has 1 aliphatic rings. The molecule has 2 unspecified atom stereocenters. The standard InChI is InChI=1S/C14H22N2.ClH/c1-11-5-3-4-6-14(11)10-16-9-13(8-15)7-12(16)2;/h3-6,12-13H,7-10,15H2,1-2H3;1H. The highest BCUT2D eigenvalue weighted by Gasteiger charge is 2.27. The Morgan fingerprint density at radius 2 is 2.06 bits per heavy atom. The third-order valence-corrected chi connectivity index (χ3v) is 3.76. The Morgan fingerprint density at radius 3 is 2.65 bits per heavy atom. The fourth-order valence-electron chi connectivity index (χ4n) is 2.62. The summed E-state index contributed by atoms with van der Waals surface area (Å²) in [4.78, 5) is 2.56. The topological polar surface area (TPSA) is 29.3 Å². The van der Waals surface area contributed by atoms with E-state index in [1.807, 2.05) is 0 Å². The first-order valence-electron chi connectivity index (χ1n) is 6.19. The lowest BCUT2D eigenvalue weighted by molar-refractivity contribution is 0.255. The van der Waals surface area contributed by atoms with Crippen LogP contribution in [0.1, 0.15) is 24.5 Å². The third kappa shape index (κ3) is 3.44. The molecule has 1 aromatic rings. The van der Waals surface area contributed by atoms with Gasteiger partial charge in [-0.05, 0) is 43.9 Å². The highest BCUT2D eigenvalue weighted by Crippen LogP contribution is 2.24. The zero-order valence-electron chi connectivity index (χ0n) is 10.7. The van der Waals surface area contributed by atoms with Crippen LogP contribution in [0.25, 0.3) is 0 Å². The maximum absolute atomic E-state index is 5.75. The molecular weight excluding hydrogens is 232 g/mol. The second-order valence-electron chi connectivity index (χ2n) is 5.04. The highest BCUT2D eigenvalue weighted by molar-refractivity contribution is 5.85. The number of aryl methyl sites for hydroxylation is 1. The summed E-state index contributed by atoms with van der Waals surface area (Å²) in [6.45, 7) is 7.56. The second-order valence-corrected chi connectivity index (χ2v) is 5.04. The van der Waals surface area contributed by atoms with Gasteiger partial charge >= 0.3 is 0 Å². The summed E-state index contributed by atoms with van der Waals surface area (Å²) in [6.07, 6.45) is 1.25. The van der Waals surface area contributed by atoms with E-state index >= 15 is 0 Å². The summed E-state index contributed by atoms with van der Waals surface area (Å²) >= 11 is 0. The molecule has 0 aliphatic carbocycles. The van der Waals surface area contributed by atoms with Crippen LogP contribution in [0.2, 0.25) is 0 Å². The van der Waals surface area contributed by atoms with E-state index < -0.39 is 0 Å². The zero-order chi connectivity index (χ0) is 11.5. The quantitative estimate of drug-likeness (QED) is 0.899. The van der Waals surface area contributed by atoms with E-state index in [1.54, 1.807) is 0 Å². The number of nitrogens with two attached hydrogens (primary N) is 1. The number of likely N-dealkylation sites (tertiary alicyclic amines) is 1. The van der Waals surface area contributed by atoms with Crippen LogP contribution in [0.5, 0.6) is 0 Å². The summed E-state index contributed by atoms with van der Waals surface area (Å²) in [5, 5.41) is 0. The zero-order valence-corrected chi connectivity index (χ0v) is 11.5. The number of rotatable bonds is 3. The summed E-state index contributed by atoms with van der Waals surface area (Å²) < 4.78 is 0. The molecule has 1 aromatic carbocycles. The van der Waals surface area contributed by atoms with Crippen molar-refractivity contribution in [3.63, 3.8) is 0 Å². The van der Waals surface area contributed by atoms with Crippen molar-refractivity contribution >= 4 is 12.4 Å². The summed E-state index contributed by atoms with van der Waals surface area (Å²) in [5.74, 6) is 0.694. The molecule has 1 fully saturated rings. The Morgan fingerprint density at radius 1 is 1.35 bits per heavy atom. The lowest BCUT2D eigenvalue weighted by atomic mass is 10.1. The Labute approximate surface area is 111 Å². The van der Waals surface area contributed by atoms with E-state index in [-0.39, 0.29) is 12.4 Å². The molecule has 17 heavy (non-hydrogen) atoms. The van der Waals surface area contributed by atoms with Gasteiger partial charge < -0.3 is 5.73 Å². The van der Waals surface area contributed by atoms with Crippen molar-refractivity contribution in [2.75, 3.05) is 13.1 Å². The number of halogens is 1. The van der Waals surface area contributed by atoms with Crippen molar-refractivity contribution in [3.8, 4) is 0 Å². The fourth-order valence-corrected chi connectivity index (χ4v) is 2.62. The van der Waals surface area contributed by atoms with E-state index in [0.29, 0.717) is 12.0 Å². The van der Waals surface area contributed by atoms with Gasteiger partial charge in [-0.1, -0.05) is 24.3 Å². The van der Waals surface area contributed by atoms with Gasteiger partial charge in [-0.3, -0.25) is 4.90 Å². The van der Waals surface area contributed by atoms with Gasteiger partial charge in [0, 0.05) is 19.1 Å². The molecule has 0 radical (unpaired) electrons. The summed E-state index contributed by atoms with van der Waals surface area (Å²) in [5.41, 5.74) is 8.60. The monoisotopic (exact) mass is 254 g/mol. The maximum Gasteiger partial charge on any atom is 0.0239 e. The molecular formula is C14H23ClN2. The fraction of sp³-hybridized carbons (Fsp3) is 0.571. The molecule has 1 aliphatic heterocycles. The van der Waals surface area contributed by atoms with Crippen molar-refractivity contribution in [1.29, 1.82) is 0 Å². The lowest BCUT2D eigenvalue weighted by Crippen LogP contribution is -2.27. The molecule has 96 valence electrons. The number of hydrogen-bond acceptors (Lipinski definition) is 2. The molecule has 2 rings (SSSR count). The molecule has 2 N–H and O–H groups in total. The van der Waals surface area contributed by atoms with Crippen LogP contribution in [0.4, 0.5) is 0 Å². The van der Waals surface area contributed by atoms with Crippen LogP contribution < -0.4 is 5.73 Å². The van der Waals surface area contributed by atoms with E-state index in [0.717, 1.165) is 19.6 Å². The predicted molar refractivity (Wildman–Crippen MR) is 75.5 cm³/mol. The minimum Gasteiger partial charge on any atom is -0.330 e. The molecule has 1 heterocycles. The first-order valence-corrected chi connectivity index (χ1v) is 6.19. The number of nitrogens with zero attached hydrogens (tertiary/aromatic N) is 1. The van der Waals surface area contributed by atoms with Gasteiger partial charge in [-0.25, -0.2) is 0 Å². The molecule has 2 nitrogen and oxygen atoms in total. The molecule has 0 bridgehead atoms. The Hall–Kier alpha value is -0.570. The lowest BCUT2D eigenvalue weighted by Gasteiger charge is -2.22. The molecule has 0 spiro atoms. The van der Waals surface area contributed by atoms with Crippen LogP contribution in [-0.4, -0.2) is 24.0 Å². The van der Waals surface area contributed by atoms with E-state index in [4.69, 9.17) is 5.73 Å². The minimum atomic E-state index is 0.